The lowest BCUT2D eigenvalue weighted by Gasteiger charge is -2.14. The van der Waals surface area contributed by atoms with Crippen molar-refractivity contribution in [2.24, 2.45) is 0 Å². The Balaban J connectivity index is 2.77. The summed E-state index contributed by atoms with van der Waals surface area (Å²) in [5.41, 5.74) is 0.218. The standard InChI is InChI=1S/C10H11BrFNO3/c1-2-16-10(15)8(12)9(14)6-3-7(11)5-13-4-6/h3-5,8-9,14H,2H2,1H3. The molecule has 0 aromatic carbocycles. The molecule has 0 aliphatic carbocycles. The Morgan fingerprint density at radius 2 is 2.38 bits per heavy atom. The van der Waals surface area contributed by atoms with Crippen LogP contribution in [0.1, 0.15) is 18.6 Å². The van der Waals surface area contributed by atoms with Crippen molar-refractivity contribution in [1.82, 2.24) is 4.98 Å². The molecule has 4 nitrogen and oxygen atoms in total. The highest BCUT2D eigenvalue weighted by Gasteiger charge is 2.29. The van der Waals surface area contributed by atoms with Gasteiger partial charge in [0.15, 0.2) is 0 Å². The minimum absolute atomic E-state index is 0.0721. The number of hydrogen-bond donors (Lipinski definition) is 1. The van der Waals surface area contributed by atoms with Crippen molar-refractivity contribution in [1.29, 1.82) is 0 Å². The summed E-state index contributed by atoms with van der Waals surface area (Å²) >= 11 is 3.14. The normalized spacial score (nSPS) is 14.2. The zero-order valence-corrected chi connectivity index (χ0v) is 10.1. The molecule has 0 bridgehead atoms. The Kier molecular flexibility index (Phi) is 4.82. The molecule has 0 saturated heterocycles. The lowest BCUT2D eigenvalue weighted by Crippen LogP contribution is -2.26. The molecular weight excluding hydrogens is 281 g/mol. The van der Waals surface area contributed by atoms with E-state index in [4.69, 9.17) is 0 Å². The Morgan fingerprint density at radius 1 is 1.69 bits per heavy atom. The van der Waals surface area contributed by atoms with E-state index in [1.807, 2.05) is 0 Å². The number of rotatable bonds is 4. The van der Waals surface area contributed by atoms with Gasteiger partial charge < -0.3 is 9.84 Å². The fourth-order valence-electron chi connectivity index (χ4n) is 1.11. The van der Waals surface area contributed by atoms with Crippen molar-refractivity contribution >= 4 is 21.9 Å². The van der Waals surface area contributed by atoms with E-state index in [1.54, 1.807) is 6.92 Å². The number of aliphatic hydroxyl groups is 1. The van der Waals surface area contributed by atoms with E-state index in [9.17, 15) is 14.3 Å². The quantitative estimate of drug-likeness (QED) is 0.859. The first kappa shape index (κ1) is 13.1. The molecule has 1 rings (SSSR count). The summed E-state index contributed by atoms with van der Waals surface area (Å²) in [5.74, 6) is -1.07. The summed E-state index contributed by atoms with van der Waals surface area (Å²) < 4.78 is 18.5. The molecule has 0 saturated carbocycles. The fourth-order valence-corrected chi connectivity index (χ4v) is 1.49. The number of hydrogen-bond acceptors (Lipinski definition) is 4. The van der Waals surface area contributed by atoms with E-state index < -0.39 is 18.2 Å². The van der Waals surface area contributed by atoms with E-state index in [0.717, 1.165) is 0 Å². The zero-order chi connectivity index (χ0) is 12.1. The molecule has 0 amide bonds. The van der Waals surface area contributed by atoms with E-state index in [2.05, 4.69) is 25.7 Å². The van der Waals surface area contributed by atoms with Gasteiger partial charge in [0, 0.05) is 22.4 Å². The molecule has 1 N–H and O–H groups in total. The first-order chi connectivity index (χ1) is 7.56. The Morgan fingerprint density at radius 3 is 2.94 bits per heavy atom. The highest BCUT2D eigenvalue weighted by Crippen LogP contribution is 2.22. The van der Waals surface area contributed by atoms with Gasteiger partial charge in [-0.25, -0.2) is 9.18 Å². The average Bonchev–Trinajstić information content (AvgIpc) is 2.27. The summed E-state index contributed by atoms with van der Waals surface area (Å²) in [7, 11) is 0. The van der Waals surface area contributed by atoms with Crippen molar-refractivity contribution in [3.05, 3.63) is 28.5 Å². The molecule has 0 aliphatic heterocycles. The molecule has 88 valence electrons. The Bertz CT molecular complexity index is 375. The molecular formula is C10H11BrFNO3. The maximum Gasteiger partial charge on any atom is 0.343 e. The molecule has 6 heteroatoms. The molecule has 0 radical (unpaired) electrons. The highest BCUT2D eigenvalue weighted by molar-refractivity contribution is 9.10. The topological polar surface area (TPSA) is 59.4 Å². The maximum atomic E-state index is 13.4. The summed E-state index contributed by atoms with van der Waals surface area (Å²) in [6, 6.07) is 1.49. The van der Waals surface area contributed by atoms with Gasteiger partial charge in [0.05, 0.1) is 6.61 Å². The number of aromatic nitrogens is 1. The molecule has 1 aromatic rings. The highest BCUT2D eigenvalue weighted by atomic mass is 79.9. The number of esters is 1. The molecule has 0 fully saturated rings. The summed E-state index contributed by atoms with van der Waals surface area (Å²) in [6.45, 7) is 1.64. The number of alkyl halides is 1. The van der Waals surface area contributed by atoms with Crippen molar-refractivity contribution in [2.45, 2.75) is 19.2 Å². The molecule has 2 atom stereocenters. The van der Waals surface area contributed by atoms with Gasteiger partial charge in [-0.2, -0.15) is 0 Å². The number of carbonyl (C=O) groups excluding carboxylic acids is 1. The van der Waals surface area contributed by atoms with Gasteiger partial charge in [-0.1, -0.05) is 0 Å². The monoisotopic (exact) mass is 291 g/mol. The van der Waals surface area contributed by atoms with E-state index in [-0.39, 0.29) is 12.2 Å². The van der Waals surface area contributed by atoms with Gasteiger partial charge in [-0.15, -0.1) is 0 Å². The molecule has 1 heterocycles. The molecule has 1 aromatic heterocycles. The number of halogens is 2. The third-order valence-electron chi connectivity index (χ3n) is 1.86. The number of carbonyl (C=O) groups is 1. The van der Waals surface area contributed by atoms with E-state index in [1.165, 1.54) is 18.5 Å². The van der Waals surface area contributed by atoms with Crippen LogP contribution >= 0.6 is 15.9 Å². The third kappa shape index (κ3) is 3.24. The number of nitrogens with zero attached hydrogens (tertiary/aromatic N) is 1. The second kappa shape index (κ2) is 5.91. The largest absolute Gasteiger partial charge is 0.464 e. The van der Waals surface area contributed by atoms with Gasteiger partial charge in [-0.3, -0.25) is 4.98 Å². The lowest BCUT2D eigenvalue weighted by molar-refractivity contribution is -0.153. The van der Waals surface area contributed by atoms with Crippen molar-refractivity contribution in [3.63, 3.8) is 0 Å². The van der Waals surface area contributed by atoms with Crippen LogP contribution < -0.4 is 0 Å². The van der Waals surface area contributed by atoms with Crippen LogP contribution in [0.2, 0.25) is 0 Å². The Hall–Kier alpha value is -1.01. The summed E-state index contributed by atoms with van der Waals surface area (Å²) in [6.07, 6.45) is -0.880. The van der Waals surface area contributed by atoms with Crippen molar-refractivity contribution in [3.8, 4) is 0 Å². The van der Waals surface area contributed by atoms with Gasteiger partial charge in [0.1, 0.15) is 6.10 Å². The van der Waals surface area contributed by atoms with Crippen molar-refractivity contribution < 1.29 is 19.0 Å². The van der Waals surface area contributed by atoms with E-state index in [0.29, 0.717) is 4.47 Å². The van der Waals surface area contributed by atoms with Crippen molar-refractivity contribution in [2.75, 3.05) is 6.61 Å². The van der Waals surface area contributed by atoms with Crippen LogP contribution in [0.15, 0.2) is 22.9 Å². The predicted octanol–water partition coefficient (Wildman–Crippen LogP) is 1.78. The second-order valence-electron chi connectivity index (χ2n) is 3.04. The summed E-state index contributed by atoms with van der Waals surface area (Å²) in [4.78, 5) is 14.8. The number of pyridine rings is 1. The molecule has 2 unspecified atom stereocenters. The minimum Gasteiger partial charge on any atom is -0.464 e. The van der Waals surface area contributed by atoms with Gasteiger partial charge in [-0.05, 0) is 28.9 Å². The van der Waals surface area contributed by atoms with Crippen LogP contribution in [0.5, 0.6) is 0 Å². The summed E-state index contributed by atoms with van der Waals surface area (Å²) in [5, 5.41) is 9.57. The minimum atomic E-state index is -2.10. The predicted molar refractivity (Wildman–Crippen MR) is 58.4 cm³/mol. The van der Waals surface area contributed by atoms with Crippen LogP contribution in [0.3, 0.4) is 0 Å². The van der Waals surface area contributed by atoms with E-state index >= 15 is 0 Å². The number of aliphatic hydroxyl groups excluding tert-OH is 1. The lowest BCUT2D eigenvalue weighted by atomic mass is 10.1. The zero-order valence-electron chi connectivity index (χ0n) is 8.56. The maximum absolute atomic E-state index is 13.4. The average molecular weight is 292 g/mol. The van der Waals surface area contributed by atoms with Gasteiger partial charge >= 0.3 is 5.97 Å². The smallest absolute Gasteiger partial charge is 0.343 e. The van der Waals surface area contributed by atoms with Crippen LogP contribution in [0.4, 0.5) is 4.39 Å². The Labute approximate surface area is 101 Å². The van der Waals surface area contributed by atoms with Crippen LogP contribution in [0.25, 0.3) is 0 Å². The third-order valence-corrected chi connectivity index (χ3v) is 2.29. The fraction of sp³-hybridized carbons (Fsp3) is 0.400. The molecule has 16 heavy (non-hydrogen) atoms. The molecule has 0 spiro atoms. The van der Waals surface area contributed by atoms with Crippen LogP contribution in [-0.2, 0) is 9.53 Å². The SMILES string of the molecule is CCOC(=O)C(F)C(O)c1cncc(Br)c1. The first-order valence-corrected chi connectivity index (χ1v) is 5.44. The second-order valence-corrected chi connectivity index (χ2v) is 3.95. The molecule has 0 aliphatic rings. The van der Waals surface area contributed by atoms with Gasteiger partial charge in [0.2, 0.25) is 6.17 Å². The van der Waals surface area contributed by atoms with Crippen LogP contribution in [0, 0.1) is 0 Å². The van der Waals surface area contributed by atoms with Crippen LogP contribution in [-0.4, -0.2) is 28.8 Å². The van der Waals surface area contributed by atoms with Gasteiger partial charge in [0.25, 0.3) is 0 Å². The first-order valence-electron chi connectivity index (χ1n) is 4.65. The number of ether oxygens (including phenoxy) is 1.